The van der Waals surface area contributed by atoms with Crippen LogP contribution in [0.1, 0.15) is 41.0 Å². The van der Waals surface area contributed by atoms with E-state index >= 15 is 0 Å². The quantitative estimate of drug-likeness (QED) is 0.542. The molecular formula is C14H23NO5. The molecule has 1 heterocycles. The van der Waals surface area contributed by atoms with Gasteiger partial charge in [-0.25, -0.2) is 4.79 Å². The van der Waals surface area contributed by atoms with Gasteiger partial charge in [-0.1, -0.05) is 0 Å². The fraction of sp³-hybridized carbons (Fsp3) is 0.786. The van der Waals surface area contributed by atoms with Crippen LogP contribution in [0, 0.1) is 5.41 Å². The van der Waals surface area contributed by atoms with Crippen molar-refractivity contribution in [2.45, 2.75) is 52.7 Å². The number of carbonyl (C=O) groups excluding carboxylic acids is 3. The molecule has 20 heavy (non-hydrogen) atoms. The van der Waals surface area contributed by atoms with Crippen LogP contribution in [0.25, 0.3) is 0 Å². The smallest absolute Gasteiger partial charge is 0.410 e. The van der Waals surface area contributed by atoms with E-state index in [4.69, 9.17) is 4.74 Å². The molecule has 1 rings (SSSR count). The summed E-state index contributed by atoms with van der Waals surface area (Å²) >= 11 is 0. The van der Waals surface area contributed by atoms with Crippen molar-refractivity contribution in [3.05, 3.63) is 0 Å². The van der Waals surface area contributed by atoms with Crippen LogP contribution >= 0.6 is 0 Å². The fourth-order valence-electron chi connectivity index (χ4n) is 2.16. The molecule has 1 saturated heterocycles. The molecule has 0 aromatic heterocycles. The van der Waals surface area contributed by atoms with Crippen LogP contribution in [0.4, 0.5) is 4.79 Å². The zero-order valence-electron chi connectivity index (χ0n) is 13.0. The molecule has 0 saturated carbocycles. The van der Waals surface area contributed by atoms with Crippen LogP contribution in [0.2, 0.25) is 0 Å². The Morgan fingerprint density at radius 3 is 2.35 bits per heavy atom. The number of rotatable bonds is 1. The lowest BCUT2D eigenvalue weighted by Gasteiger charge is -2.41. The van der Waals surface area contributed by atoms with E-state index in [0.717, 1.165) is 0 Å². The summed E-state index contributed by atoms with van der Waals surface area (Å²) in [5.41, 5.74) is -1.95. The second-order valence-corrected chi connectivity index (χ2v) is 6.41. The van der Waals surface area contributed by atoms with Gasteiger partial charge < -0.3 is 14.4 Å². The van der Waals surface area contributed by atoms with E-state index in [1.807, 2.05) is 0 Å². The van der Waals surface area contributed by atoms with Crippen molar-refractivity contribution < 1.29 is 23.9 Å². The zero-order chi connectivity index (χ0) is 15.7. The number of Topliss-reactive ketones (excluding diaryl/α,β-unsaturated/α-hetero) is 1. The van der Waals surface area contributed by atoms with E-state index in [9.17, 15) is 14.4 Å². The number of carbonyl (C=O) groups is 3. The average molecular weight is 285 g/mol. The van der Waals surface area contributed by atoms with Gasteiger partial charge in [-0.15, -0.1) is 0 Å². The molecular weight excluding hydrogens is 262 g/mol. The third kappa shape index (κ3) is 3.29. The van der Waals surface area contributed by atoms with E-state index in [2.05, 4.69) is 4.74 Å². The standard InChI is InChI=1S/C14H23NO5/c1-9-7-10(16)14(5,11(17)19-6)8-15(9)12(18)20-13(2,3)4/h9H,7-8H2,1-6H3/t9-,14?/m1/s1. The van der Waals surface area contributed by atoms with Crippen molar-refractivity contribution in [1.82, 2.24) is 4.90 Å². The van der Waals surface area contributed by atoms with Crippen LogP contribution in [-0.4, -0.2) is 48.0 Å². The molecule has 0 radical (unpaired) electrons. The lowest BCUT2D eigenvalue weighted by atomic mass is 9.78. The lowest BCUT2D eigenvalue weighted by molar-refractivity contribution is -0.161. The molecule has 0 N–H and O–H groups in total. The largest absolute Gasteiger partial charge is 0.468 e. The van der Waals surface area contributed by atoms with Crippen molar-refractivity contribution in [2.75, 3.05) is 13.7 Å². The molecule has 0 bridgehead atoms. The van der Waals surface area contributed by atoms with Gasteiger partial charge in [0.1, 0.15) is 11.0 Å². The third-order valence-corrected chi connectivity index (χ3v) is 3.38. The summed E-state index contributed by atoms with van der Waals surface area (Å²) < 4.78 is 10.0. The zero-order valence-corrected chi connectivity index (χ0v) is 13.0. The van der Waals surface area contributed by atoms with Gasteiger partial charge in [-0.2, -0.15) is 0 Å². The summed E-state index contributed by atoms with van der Waals surface area (Å²) in [5.74, 6) is -0.834. The van der Waals surface area contributed by atoms with E-state index < -0.39 is 23.1 Å². The molecule has 0 spiro atoms. The Hall–Kier alpha value is -1.59. The molecule has 0 aliphatic carbocycles. The van der Waals surface area contributed by atoms with E-state index in [-0.39, 0.29) is 24.8 Å². The molecule has 1 aliphatic rings. The summed E-state index contributed by atoms with van der Waals surface area (Å²) in [7, 11) is 1.23. The van der Waals surface area contributed by atoms with Crippen LogP contribution in [0.15, 0.2) is 0 Å². The fourth-order valence-corrected chi connectivity index (χ4v) is 2.16. The molecule has 0 aromatic carbocycles. The number of likely N-dealkylation sites (tertiary alicyclic amines) is 1. The number of amides is 1. The van der Waals surface area contributed by atoms with Gasteiger partial charge in [0.2, 0.25) is 0 Å². The maximum Gasteiger partial charge on any atom is 0.410 e. The second kappa shape index (κ2) is 5.42. The minimum atomic E-state index is -1.32. The molecule has 0 aromatic rings. The number of piperidine rings is 1. The van der Waals surface area contributed by atoms with Gasteiger partial charge in [0.15, 0.2) is 5.78 Å². The summed E-state index contributed by atoms with van der Waals surface area (Å²) in [6.45, 7) is 8.55. The molecule has 1 fully saturated rings. The van der Waals surface area contributed by atoms with E-state index in [1.165, 1.54) is 18.9 Å². The van der Waals surface area contributed by atoms with Gasteiger partial charge in [0, 0.05) is 19.0 Å². The highest BCUT2D eigenvalue weighted by Crippen LogP contribution is 2.31. The number of methoxy groups -OCH3 is 1. The van der Waals surface area contributed by atoms with Gasteiger partial charge in [-0.05, 0) is 34.6 Å². The van der Waals surface area contributed by atoms with Crippen molar-refractivity contribution >= 4 is 17.8 Å². The first-order valence-corrected chi connectivity index (χ1v) is 6.62. The average Bonchev–Trinajstić information content (AvgIpc) is 2.30. The molecule has 1 aliphatic heterocycles. The van der Waals surface area contributed by atoms with Crippen LogP contribution < -0.4 is 0 Å². The normalized spacial score (nSPS) is 27.2. The first-order valence-electron chi connectivity index (χ1n) is 6.62. The Morgan fingerprint density at radius 1 is 1.35 bits per heavy atom. The Morgan fingerprint density at radius 2 is 1.90 bits per heavy atom. The van der Waals surface area contributed by atoms with Crippen LogP contribution in [0.3, 0.4) is 0 Å². The number of hydrogen-bond acceptors (Lipinski definition) is 5. The van der Waals surface area contributed by atoms with Crippen molar-refractivity contribution in [2.24, 2.45) is 5.41 Å². The topological polar surface area (TPSA) is 72.9 Å². The van der Waals surface area contributed by atoms with Gasteiger partial charge >= 0.3 is 12.1 Å². The molecule has 6 nitrogen and oxygen atoms in total. The maximum atomic E-state index is 12.2. The number of ketones is 1. The second-order valence-electron chi connectivity index (χ2n) is 6.41. The summed E-state index contributed by atoms with van der Waals surface area (Å²) in [4.78, 5) is 37.5. The predicted molar refractivity (Wildman–Crippen MR) is 72.1 cm³/mol. The SMILES string of the molecule is COC(=O)C1(C)CN(C(=O)OC(C)(C)C)[C@H](C)CC1=O. The lowest BCUT2D eigenvalue weighted by Crippen LogP contribution is -2.58. The third-order valence-electron chi connectivity index (χ3n) is 3.38. The first-order chi connectivity index (χ1) is 9.01. The Bertz CT molecular complexity index is 426. The van der Waals surface area contributed by atoms with Gasteiger partial charge in [0.05, 0.1) is 7.11 Å². The highest BCUT2D eigenvalue weighted by molar-refractivity contribution is 6.05. The van der Waals surface area contributed by atoms with Crippen molar-refractivity contribution in [3.63, 3.8) is 0 Å². The van der Waals surface area contributed by atoms with E-state index in [0.29, 0.717) is 0 Å². The molecule has 1 unspecified atom stereocenters. The molecule has 6 heteroatoms. The highest BCUT2D eigenvalue weighted by atomic mass is 16.6. The van der Waals surface area contributed by atoms with Gasteiger partial charge in [-0.3, -0.25) is 9.59 Å². The number of esters is 1. The minimum Gasteiger partial charge on any atom is -0.468 e. The van der Waals surface area contributed by atoms with Crippen LogP contribution in [0.5, 0.6) is 0 Å². The first kappa shape index (κ1) is 16.5. The van der Waals surface area contributed by atoms with Gasteiger partial charge in [0.25, 0.3) is 0 Å². The predicted octanol–water partition coefficient (Wildman–Crippen LogP) is 1.76. The molecule has 2 atom stereocenters. The monoisotopic (exact) mass is 285 g/mol. The summed E-state index contributed by atoms with van der Waals surface area (Å²) in [6, 6.07) is -0.296. The minimum absolute atomic E-state index is 0.0193. The summed E-state index contributed by atoms with van der Waals surface area (Å²) in [6.07, 6.45) is -0.405. The van der Waals surface area contributed by atoms with E-state index in [1.54, 1.807) is 27.7 Å². The number of ether oxygens (including phenoxy) is 2. The maximum absolute atomic E-state index is 12.2. The van der Waals surface area contributed by atoms with Crippen molar-refractivity contribution in [1.29, 1.82) is 0 Å². The summed E-state index contributed by atoms with van der Waals surface area (Å²) in [5, 5.41) is 0. The number of hydrogen-bond donors (Lipinski definition) is 0. The number of nitrogens with zero attached hydrogens (tertiary/aromatic N) is 1. The van der Waals surface area contributed by atoms with Crippen molar-refractivity contribution in [3.8, 4) is 0 Å². The molecule has 114 valence electrons. The Labute approximate surface area is 119 Å². The Kier molecular flexibility index (Phi) is 4.46. The Balaban J connectivity index is 2.96. The van der Waals surface area contributed by atoms with Crippen LogP contribution in [-0.2, 0) is 19.1 Å². The highest BCUT2D eigenvalue weighted by Gasteiger charge is 2.50. The molecule has 1 amide bonds.